The summed E-state index contributed by atoms with van der Waals surface area (Å²) in [6.45, 7) is 2.63. The molecule has 142 valence electrons. The summed E-state index contributed by atoms with van der Waals surface area (Å²) in [7, 11) is 0. The molecule has 0 saturated heterocycles. The van der Waals surface area contributed by atoms with Gasteiger partial charge in [0, 0.05) is 49.4 Å². The molecule has 5 rings (SSSR count). The average Bonchev–Trinajstić information content (AvgIpc) is 3.15. The van der Waals surface area contributed by atoms with Crippen molar-refractivity contribution in [3.05, 3.63) is 41.0 Å². The monoisotopic (exact) mass is 386 g/mol. The quantitative estimate of drug-likeness (QED) is 0.632. The van der Waals surface area contributed by atoms with E-state index < -0.39 is 0 Å². The Morgan fingerprint density at radius 3 is 3.04 bits per heavy atom. The Bertz CT molecular complexity index is 992. The fourth-order valence-electron chi connectivity index (χ4n) is 4.03. The normalized spacial score (nSPS) is 16.1. The van der Waals surface area contributed by atoms with Gasteiger partial charge in [-0.2, -0.15) is 5.10 Å². The topological polar surface area (TPSA) is 87.6 Å². The van der Waals surface area contributed by atoms with Crippen LogP contribution in [0, 0.1) is 0 Å². The van der Waals surface area contributed by atoms with Crippen LogP contribution in [0.3, 0.4) is 0 Å². The number of anilines is 1. The van der Waals surface area contributed by atoms with E-state index in [1.807, 2.05) is 12.1 Å². The molecule has 27 heavy (non-hydrogen) atoms. The van der Waals surface area contributed by atoms with Crippen LogP contribution >= 0.6 is 12.4 Å². The molecule has 7 nitrogen and oxygen atoms in total. The summed E-state index contributed by atoms with van der Waals surface area (Å²) in [5, 5.41) is 13.5. The molecule has 0 saturated carbocycles. The van der Waals surface area contributed by atoms with Gasteiger partial charge < -0.3 is 15.2 Å². The Morgan fingerprint density at radius 1 is 1.19 bits per heavy atom. The van der Waals surface area contributed by atoms with Crippen LogP contribution in [0.15, 0.2) is 18.2 Å². The van der Waals surface area contributed by atoms with Crippen LogP contribution in [0.4, 0.5) is 5.69 Å². The van der Waals surface area contributed by atoms with Crippen LogP contribution in [0.5, 0.6) is 0 Å². The van der Waals surface area contributed by atoms with Crippen molar-refractivity contribution < 1.29 is 4.79 Å². The van der Waals surface area contributed by atoms with E-state index in [2.05, 4.69) is 31.5 Å². The minimum absolute atomic E-state index is 0. The van der Waals surface area contributed by atoms with Crippen molar-refractivity contribution in [1.29, 1.82) is 0 Å². The number of carbonyl (C=O) groups is 1. The van der Waals surface area contributed by atoms with Crippen molar-refractivity contribution in [2.75, 3.05) is 11.9 Å². The molecule has 8 heteroatoms. The third-order valence-electron chi connectivity index (χ3n) is 5.39. The number of aromatic nitrogens is 4. The lowest BCUT2D eigenvalue weighted by Crippen LogP contribution is -2.25. The van der Waals surface area contributed by atoms with E-state index >= 15 is 0 Å². The van der Waals surface area contributed by atoms with E-state index in [9.17, 15) is 4.79 Å². The van der Waals surface area contributed by atoms with E-state index in [1.165, 1.54) is 19.3 Å². The first-order valence-electron chi connectivity index (χ1n) is 9.37. The molecule has 2 aliphatic heterocycles. The molecular weight excluding hydrogens is 364 g/mol. The third-order valence-corrected chi connectivity index (χ3v) is 5.39. The number of carbonyl (C=O) groups excluding carboxylic acids is 1. The molecule has 3 aromatic rings. The fourth-order valence-corrected chi connectivity index (χ4v) is 4.03. The first-order chi connectivity index (χ1) is 12.8. The maximum absolute atomic E-state index is 12.7. The molecule has 0 spiro atoms. The standard InChI is InChI=1S/C19H22N6O.ClH/c26-19(18-13-11-20-8-7-14(13)23-24-18)21-12-5-6-16-15(10-12)22-17-4-2-1-3-9-25(16)17;/h5-6,10,20H,1-4,7-9,11H2,(H,21,26)(H,23,24);1H. The van der Waals surface area contributed by atoms with Crippen molar-refractivity contribution in [1.82, 2.24) is 25.1 Å². The second-order valence-corrected chi connectivity index (χ2v) is 7.10. The summed E-state index contributed by atoms with van der Waals surface area (Å²) in [5.41, 5.74) is 5.38. The molecule has 2 aromatic heterocycles. The fraction of sp³-hybridized carbons (Fsp3) is 0.421. The summed E-state index contributed by atoms with van der Waals surface area (Å²) in [6.07, 6.45) is 5.58. The number of H-pyrrole nitrogens is 1. The molecule has 0 radical (unpaired) electrons. The average molecular weight is 387 g/mol. The molecule has 0 fully saturated rings. The summed E-state index contributed by atoms with van der Waals surface area (Å²) >= 11 is 0. The lowest BCUT2D eigenvalue weighted by Gasteiger charge is -2.12. The van der Waals surface area contributed by atoms with Gasteiger partial charge in [-0.05, 0) is 31.0 Å². The largest absolute Gasteiger partial charge is 0.328 e. The van der Waals surface area contributed by atoms with Crippen LogP contribution in [0.2, 0.25) is 0 Å². The lowest BCUT2D eigenvalue weighted by molar-refractivity contribution is 0.102. The Labute approximate surface area is 163 Å². The minimum Gasteiger partial charge on any atom is -0.328 e. The van der Waals surface area contributed by atoms with Gasteiger partial charge >= 0.3 is 0 Å². The number of aromatic amines is 1. The SMILES string of the molecule is Cl.O=C(Nc1ccc2c(c1)nc1n2CCCCC1)c1n[nH]c2c1CNCC2. The summed E-state index contributed by atoms with van der Waals surface area (Å²) in [4.78, 5) is 17.5. The third kappa shape index (κ3) is 3.21. The van der Waals surface area contributed by atoms with Crippen LogP contribution in [-0.4, -0.2) is 32.2 Å². The van der Waals surface area contributed by atoms with E-state index in [4.69, 9.17) is 4.98 Å². The number of amides is 1. The number of aryl methyl sites for hydroxylation is 2. The zero-order valence-electron chi connectivity index (χ0n) is 15.0. The van der Waals surface area contributed by atoms with Gasteiger partial charge in [-0.25, -0.2) is 4.98 Å². The number of halogens is 1. The summed E-state index contributed by atoms with van der Waals surface area (Å²) in [6, 6.07) is 5.98. The van der Waals surface area contributed by atoms with Crippen molar-refractivity contribution >= 4 is 35.0 Å². The molecule has 0 bridgehead atoms. The maximum atomic E-state index is 12.7. The summed E-state index contributed by atoms with van der Waals surface area (Å²) < 4.78 is 2.32. The van der Waals surface area contributed by atoms with Crippen molar-refractivity contribution in [2.45, 2.75) is 45.2 Å². The number of nitrogens with one attached hydrogen (secondary N) is 3. The van der Waals surface area contributed by atoms with Crippen molar-refractivity contribution in [2.24, 2.45) is 0 Å². The van der Waals surface area contributed by atoms with Gasteiger partial charge in [-0.15, -0.1) is 12.4 Å². The highest BCUT2D eigenvalue weighted by Crippen LogP contribution is 2.25. The Morgan fingerprint density at radius 2 is 2.11 bits per heavy atom. The van der Waals surface area contributed by atoms with E-state index in [-0.39, 0.29) is 18.3 Å². The van der Waals surface area contributed by atoms with E-state index in [0.29, 0.717) is 12.2 Å². The van der Waals surface area contributed by atoms with Gasteiger partial charge in [0.2, 0.25) is 0 Å². The molecule has 4 heterocycles. The number of hydrogen-bond acceptors (Lipinski definition) is 4. The van der Waals surface area contributed by atoms with Gasteiger partial charge in [0.1, 0.15) is 5.82 Å². The lowest BCUT2D eigenvalue weighted by atomic mass is 10.1. The number of benzene rings is 1. The van der Waals surface area contributed by atoms with E-state index in [0.717, 1.165) is 59.7 Å². The Hall–Kier alpha value is -2.38. The molecule has 1 aromatic carbocycles. The second-order valence-electron chi connectivity index (χ2n) is 7.10. The molecule has 0 aliphatic carbocycles. The highest BCUT2D eigenvalue weighted by atomic mass is 35.5. The Kier molecular flexibility index (Phi) is 4.88. The molecule has 0 unspecified atom stereocenters. The maximum Gasteiger partial charge on any atom is 0.276 e. The Balaban J connectivity index is 0.00000180. The molecule has 1 amide bonds. The highest BCUT2D eigenvalue weighted by Gasteiger charge is 2.22. The van der Waals surface area contributed by atoms with Crippen molar-refractivity contribution in [3.63, 3.8) is 0 Å². The molecule has 3 N–H and O–H groups in total. The highest BCUT2D eigenvalue weighted by molar-refractivity contribution is 6.04. The van der Waals surface area contributed by atoms with Gasteiger partial charge in [0.05, 0.1) is 11.0 Å². The predicted molar refractivity (Wildman–Crippen MR) is 106 cm³/mol. The number of fused-ring (bicyclic) bond motifs is 4. The second kappa shape index (κ2) is 7.32. The van der Waals surface area contributed by atoms with Gasteiger partial charge in [-0.3, -0.25) is 9.89 Å². The molecular formula is C19H23ClN6O. The first kappa shape index (κ1) is 18.0. The predicted octanol–water partition coefficient (Wildman–Crippen LogP) is 2.81. The smallest absolute Gasteiger partial charge is 0.276 e. The zero-order valence-corrected chi connectivity index (χ0v) is 15.9. The minimum atomic E-state index is -0.175. The van der Waals surface area contributed by atoms with Gasteiger partial charge in [0.25, 0.3) is 5.91 Å². The van der Waals surface area contributed by atoms with Crippen LogP contribution < -0.4 is 10.6 Å². The number of hydrogen-bond donors (Lipinski definition) is 3. The van der Waals surface area contributed by atoms with E-state index in [1.54, 1.807) is 0 Å². The van der Waals surface area contributed by atoms with Gasteiger partial charge in [-0.1, -0.05) is 6.42 Å². The van der Waals surface area contributed by atoms with Gasteiger partial charge in [0.15, 0.2) is 5.69 Å². The van der Waals surface area contributed by atoms with Crippen LogP contribution in [0.1, 0.15) is 46.8 Å². The number of imidazole rings is 1. The number of nitrogens with zero attached hydrogens (tertiary/aromatic N) is 3. The molecule has 2 aliphatic rings. The van der Waals surface area contributed by atoms with Crippen LogP contribution in [-0.2, 0) is 25.9 Å². The molecule has 0 atom stereocenters. The zero-order chi connectivity index (χ0) is 17.5. The van der Waals surface area contributed by atoms with Crippen molar-refractivity contribution in [3.8, 4) is 0 Å². The first-order valence-corrected chi connectivity index (χ1v) is 9.37. The van der Waals surface area contributed by atoms with Crippen LogP contribution in [0.25, 0.3) is 11.0 Å². The summed E-state index contributed by atoms with van der Waals surface area (Å²) in [5.74, 6) is 0.986. The number of rotatable bonds is 2.